The molecule has 2 aromatic rings. The molecule has 0 bridgehead atoms. The minimum Gasteiger partial charge on any atom is -0.384 e. The molecule has 1 aromatic heterocycles. The van der Waals surface area contributed by atoms with Crippen molar-refractivity contribution < 1.29 is 13.2 Å². The maximum Gasteiger partial charge on any atom is 0.250 e. The van der Waals surface area contributed by atoms with Crippen molar-refractivity contribution in [3.63, 3.8) is 0 Å². The Kier molecular flexibility index (Phi) is 6.67. The molecule has 1 unspecified atom stereocenters. The van der Waals surface area contributed by atoms with Crippen LogP contribution in [0.1, 0.15) is 59.5 Å². The average molecular weight is 504 g/mol. The number of rotatable bonds is 7. The van der Waals surface area contributed by atoms with Crippen LogP contribution >= 0.6 is 11.3 Å². The highest BCUT2D eigenvalue weighted by Crippen LogP contribution is 2.44. The third-order valence-electron chi connectivity index (χ3n) is 7.56. The third-order valence-corrected chi connectivity index (χ3v) is 10.3. The number of sulfonamides is 1. The minimum atomic E-state index is -3.15. The van der Waals surface area contributed by atoms with E-state index in [2.05, 4.69) is 21.7 Å². The number of likely N-dealkylation sites (tertiary alicyclic amines) is 1. The van der Waals surface area contributed by atoms with E-state index in [0.29, 0.717) is 24.6 Å². The van der Waals surface area contributed by atoms with Gasteiger partial charge in [0.25, 0.3) is 5.91 Å². The van der Waals surface area contributed by atoms with Crippen molar-refractivity contribution in [2.45, 2.75) is 45.1 Å². The van der Waals surface area contributed by atoms with Crippen LogP contribution in [0.4, 0.5) is 5.69 Å². The number of primary amides is 1. The third kappa shape index (κ3) is 4.60. The lowest BCUT2D eigenvalue weighted by atomic mass is 9.80. The predicted octanol–water partition coefficient (Wildman–Crippen LogP) is 3.08. The number of amides is 1. The number of carbonyl (C=O) groups excluding carboxylic acids is 1. The van der Waals surface area contributed by atoms with Gasteiger partial charge in [-0.25, -0.2) is 17.7 Å². The Hall–Kier alpha value is -2.01. The van der Waals surface area contributed by atoms with E-state index in [0.717, 1.165) is 66.5 Å². The number of nitrogens with two attached hydrogens (primary N) is 1. The van der Waals surface area contributed by atoms with Gasteiger partial charge in [0.2, 0.25) is 10.0 Å². The lowest BCUT2D eigenvalue weighted by molar-refractivity contribution is 0.100. The van der Waals surface area contributed by atoms with Crippen molar-refractivity contribution in [3.05, 3.63) is 33.6 Å². The Morgan fingerprint density at radius 1 is 1.21 bits per heavy atom. The van der Waals surface area contributed by atoms with Crippen LogP contribution in [0.15, 0.2) is 17.5 Å². The molecule has 0 spiro atoms. The predicted molar refractivity (Wildman–Crippen MR) is 136 cm³/mol. The summed E-state index contributed by atoms with van der Waals surface area (Å²) in [6.07, 6.45) is 4.14. The van der Waals surface area contributed by atoms with Crippen LogP contribution in [0.2, 0.25) is 0 Å². The van der Waals surface area contributed by atoms with E-state index >= 15 is 0 Å². The van der Waals surface area contributed by atoms with Gasteiger partial charge in [0.05, 0.1) is 29.2 Å². The number of thiazole rings is 1. The van der Waals surface area contributed by atoms with Gasteiger partial charge in [-0.1, -0.05) is 0 Å². The van der Waals surface area contributed by atoms with Crippen molar-refractivity contribution in [2.24, 2.45) is 11.7 Å². The molecular weight excluding hydrogens is 470 g/mol. The average Bonchev–Trinajstić information content (AvgIpc) is 3.60. The van der Waals surface area contributed by atoms with Crippen LogP contribution < -0.4 is 11.1 Å². The van der Waals surface area contributed by atoms with Gasteiger partial charge >= 0.3 is 0 Å². The topological polar surface area (TPSA) is 109 Å². The number of aromatic nitrogens is 1. The fourth-order valence-corrected chi connectivity index (χ4v) is 7.60. The SMILES string of the molecule is CCS(=O)(=O)N1CCC(C2CNc3c(C(N)=O)cc(-c4csc(CN5CCCC5)n4)cc32)CC1. The first kappa shape index (κ1) is 23.7. The molecule has 1 atom stereocenters. The summed E-state index contributed by atoms with van der Waals surface area (Å²) in [5, 5.41) is 6.59. The van der Waals surface area contributed by atoms with Crippen molar-refractivity contribution in [2.75, 3.05) is 43.8 Å². The van der Waals surface area contributed by atoms with E-state index < -0.39 is 15.9 Å². The van der Waals surface area contributed by atoms with Crippen molar-refractivity contribution in [1.82, 2.24) is 14.2 Å². The highest BCUT2D eigenvalue weighted by molar-refractivity contribution is 7.89. The summed E-state index contributed by atoms with van der Waals surface area (Å²) in [4.78, 5) is 19.7. The molecule has 3 aliphatic rings. The summed E-state index contributed by atoms with van der Waals surface area (Å²) >= 11 is 1.67. The van der Waals surface area contributed by atoms with Gasteiger partial charge < -0.3 is 11.1 Å². The molecule has 2 fully saturated rings. The number of nitrogens with zero attached hydrogens (tertiary/aromatic N) is 3. The van der Waals surface area contributed by atoms with Crippen LogP contribution in [0.3, 0.4) is 0 Å². The zero-order chi connectivity index (χ0) is 23.9. The number of benzene rings is 1. The molecule has 5 rings (SSSR count). The zero-order valence-electron chi connectivity index (χ0n) is 19.6. The summed E-state index contributed by atoms with van der Waals surface area (Å²) < 4.78 is 26.2. The Morgan fingerprint density at radius 2 is 1.94 bits per heavy atom. The Bertz CT molecular complexity index is 1170. The van der Waals surface area contributed by atoms with Crippen LogP contribution in [-0.2, 0) is 16.6 Å². The molecule has 1 aromatic carbocycles. The molecule has 8 nitrogen and oxygen atoms in total. The maximum atomic E-state index is 12.3. The molecule has 0 aliphatic carbocycles. The molecule has 4 heterocycles. The molecule has 10 heteroatoms. The highest BCUT2D eigenvalue weighted by Gasteiger charge is 2.36. The number of nitrogens with one attached hydrogen (secondary N) is 1. The molecule has 0 radical (unpaired) electrons. The van der Waals surface area contributed by atoms with E-state index in [-0.39, 0.29) is 11.7 Å². The van der Waals surface area contributed by atoms with Crippen molar-refractivity contribution in [1.29, 1.82) is 0 Å². The maximum absolute atomic E-state index is 12.3. The summed E-state index contributed by atoms with van der Waals surface area (Å²) in [5.41, 5.74) is 10.0. The summed E-state index contributed by atoms with van der Waals surface area (Å²) in [6.45, 7) is 6.68. The van der Waals surface area contributed by atoms with Gasteiger partial charge in [-0.2, -0.15) is 0 Å². The lowest BCUT2D eigenvalue weighted by Gasteiger charge is -2.34. The largest absolute Gasteiger partial charge is 0.384 e. The van der Waals surface area contributed by atoms with Gasteiger partial charge in [-0.05, 0) is 69.3 Å². The van der Waals surface area contributed by atoms with E-state index in [9.17, 15) is 13.2 Å². The first-order valence-electron chi connectivity index (χ1n) is 12.2. The zero-order valence-corrected chi connectivity index (χ0v) is 21.3. The molecule has 3 aliphatic heterocycles. The van der Waals surface area contributed by atoms with Gasteiger partial charge in [-0.15, -0.1) is 11.3 Å². The van der Waals surface area contributed by atoms with Gasteiger partial charge in [0.15, 0.2) is 0 Å². The first-order valence-corrected chi connectivity index (χ1v) is 14.7. The number of piperidine rings is 1. The lowest BCUT2D eigenvalue weighted by Crippen LogP contribution is -2.40. The van der Waals surface area contributed by atoms with Crippen LogP contribution in [0, 0.1) is 5.92 Å². The number of carbonyl (C=O) groups is 1. The van der Waals surface area contributed by atoms with Crippen molar-refractivity contribution >= 4 is 33.0 Å². The minimum absolute atomic E-state index is 0.143. The summed E-state index contributed by atoms with van der Waals surface area (Å²) in [5.74, 6) is 0.281. The van der Waals surface area contributed by atoms with Crippen LogP contribution in [0.5, 0.6) is 0 Å². The fourth-order valence-electron chi connectivity index (χ4n) is 5.63. The second-order valence-electron chi connectivity index (χ2n) is 9.59. The number of hydrogen-bond acceptors (Lipinski definition) is 7. The monoisotopic (exact) mass is 503 g/mol. The molecular formula is C24H33N5O3S2. The quantitative estimate of drug-likeness (QED) is 0.601. The van der Waals surface area contributed by atoms with Gasteiger partial charge in [0, 0.05) is 36.5 Å². The number of hydrogen-bond donors (Lipinski definition) is 2. The van der Waals surface area contributed by atoms with Crippen LogP contribution in [-0.4, -0.2) is 67.0 Å². The fraction of sp³-hybridized carbons (Fsp3) is 0.583. The molecule has 2 saturated heterocycles. The second kappa shape index (κ2) is 9.56. The Labute approximate surface area is 205 Å². The van der Waals surface area contributed by atoms with E-state index in [1.807, 2.05) is 6.07 Å². The smallest absolute Gasteiger partial charge is 0.250 e. The highest BCUT2D eigenvalue weighted by atomic mass is 32.2. The Balaban J connectivity index is 1.40. The van der Waals surface area contributed by atoms with Gasteiger partial charge in [0.1, 0.15) is 5.01 Å². The summed E-state index contributed by atoms with van der Waals surface area (Å²) in [6, 6.07) is 4.03. The van der Waals surface area contributed by atoms with E-state index in [4.69, 9.17) is 10.7 Å². The summed E-state index contributed by atoms with van der Waals surface area (Å²) in [7, 11) is -3.15. The Morgan fingerprint density at radius 3 is 2.62 bits per heavy atom. The normalized spacial score (nSPS) is 22.1. The number of fused-ring (bicyclic) bond motifs is 1. The molecule has 34 heavy (non-hydrogen) atoms. The molecule has 3 N–H and O–H groups in total. The van der Waals surface area contributed by atoms with E-state index in [1.165, 1.54) is 12.8 Å². The standard InChI is InChI=1S/C24H33N5O3S2/c1-2-34(31,32)29-9-5-16(6-10-29)20-13-26-23-18(20)11-17(12-19(23)24(25)30)21-15-33-22(27-21)14-28-7-3-4-8-28/h11-12,15-16,20,26H,2-10,13-14H2,1H3,(H2,25,30). The first-order chi connectivity index (χ1) is 16.4. The second-order valence-corrected chi connectivity index (χ2v) is 12.8. The number of anilines is 1. The molecule has 1 amide bonds. The molecule has 184 valence electrons. The van der Waals surface area contributed by atoms with Crippen molar-refractivity contribution in [3.8, 4) is 11.3 Å². The van der Waals surface area contributed by atoms with E-state index in [1.54, 1.807) is 22.6 Å². The van der Waals surface area contributed by atoms with Gasteiger partial charge in [-0.3, -0.25) is 9.69 Å². The van der Waals surface area contributed by atoms with Crippen LogP contribution in [0.25, 0.3) is 11.3 Å². The molecule has 0 saturated carbocycles.